The van der Waals surface area contributed by atoms with Gasteiger partial charge in [0.1, 0.15) is 0 Å². The van der Waals surface area contributed by atoms with Crippen molar-refractivity contribution in [1.82, 2.24) is 4.90 Å². The van der Waals surface area contributed by atoms with Crippen LogP contribution in [-0.2, 0) is 4.79 Å². The highest BCUT2D eigenvalue weighted by atomic mass is 32.2. The summed E-state index contributed by atoms with van der Waals surface area (Å²) < 4.78 is 0. The Hall–Kier alpha value is -2.27. The first-order valence-corrected chi connectivity index (χ1v) is 9.82. The van der Waals surface area contributed by atoms with Gasteiger partial charge in [-0.2, -0.15) is 0 Å². The van der Waals surface area contributed by atoms with Gasteiger partial charge in [-0.3, -0.25) is 9.59 Å². The second kappa shape index (κ2) is 9.43. The Kier molecular flexibility index (Phi) is 7.27. The lowest BCUT2D eigenvalue weighted by molar-refractivity contribution is -0.113. The molecule has 0 aliphatic rings. The molecule has 0 aliphatic carbocycles. The number of rotatable bonds is 7. The smallest absolute Gasteiger partial charge is 0.253 e. The SMILES string of the molecule is CCN(CC)C(=O)c1cccc(NC(=O)CSc2ccc(C)c(C)c2)c1. The van der Waals surface area contributed by atoms with Crippen molar-refractivity contribution < 1.29 is 9.59 Å². The third-order valence-electron chi connectivity index (χ3n) is 4.29. The van der Waals surface area contributed by atoms with E-state index in [4.69, 9.17) is 0 Å². The van der Waals surface area contributed by atoms with E-state index in [0.717, 1.165) is 4.90 Å². The van der Waals surface area contributed by atoms with Gasteiger partial charge in [-0.05, 0) is 69.2 Å². The molecule has 0 aromatic heterocycles. The molecule has 0 atom stereocenters. The molecule has 2 aromatic carbocycles. The Morgan fingerprint density at radius 2 is 1.73 bits per heavy atom. The molecule has 0 bridgehead atoms. The highest BCUT2D eigenvalue weighted by Gasteiger charge is 2.13. The Labute approximate surface area is 160 Å². The number of carbonyl (C=O) groups excluding carboxylic acids is 2. The van der Waals surface area contributed by atoms with Gasteiger partial charge in [0.2, 0.25) is 5.91 Å². The number of carbonyl (C=O) groups is 2. The standard InChI is InChI=1S/C21H26N2O2S/c1-5-23(6-2)21(25)17-8-7-9-18(13-17)22-20(24)14-26-19-11-10-15(3)16(4)12-19/h7-13H,5-6,14H2,1-4H3,(H,22,24). The molecule has 0 saturated heterocycles. The minimum atomic E-state index is -0.0827. The fourth-order valence-corrected chi connectivity index (χ4v) is 3.37. The van der Waals surface area contributed by atoms with Gasteiger partial charge in [-0.25, -0.2) is 0 Å². The molecule has 0 aliphatic heterocycles. The molecule has 4 nitrogen and oxygen atoms in total. The monoisotopic (exact) mass is 370 g/mol. The lowest BCUT2D eigenvalue weighted by Gasteiger charge is -2.19. The summed E-state index contributed by atoms with van der Waals surface area (Å²) in [5.41, 5.74) is 3.70. The number of amides is 2. The Morgan fingerprint density at radius 1 is 1.00 bits per heavy atom. The first kappa shape index (κ1) is 20.0. The summed E-state index contributed by atoms with van der Waals surface area (Å²) >= 11 is 1.51. The molecular formula is C21H26N2O2S. The maximum absolute atomic E-state index is 12.4. The normalized spacial score (nSPS) is 10.5. The number of aryl methyl sites for hydroxylation is 2. The summed E-state index contributed by atoms with van der Waals surface area (Å²) in [6.07, 6.45) is 0. The van der Waals surface area contributed by atoms with Crippen molar-refractivity contribution in [2.75, 3.05) is 24.2 Å². The van der Waals surface area contributed by atoms with Crippen LogP contribution in [0.25, 0.3) is 0 Å². The average Bonchev–Trinajstić information content (AvgIpc) is 2.64. The van der Waals surface area contributed by atoms with Gasteiger partial charge in [-0.15, -0.1) is 11.8 Å². The van der Waals surface area contributed by atoms with Gasteiger partial charge in [0.25, 0.3) is 5.91 Å². The second-order valence-corrected chi connectivity index (χ2v) is 7.19. The molecule has 0 saturated carbocycles. The number of anilines is 1. The molecule has 1 N–H and O–H groups in total. The first-order chi connectivity index (χ1) is 12.4. The van der Waals surface area contributed by atoms with Crippen LogP contribution in [0.5, 0.6) is 0 Å². The van der Waals surface area contributed by atoms with Crippen molar-refractivity contribution in [2.45, 2.75) is 32.6 Å². The van der Waals surface area contributed by atoms with Gasteiger partial charge in [0.05, 0.1) is 5.75 Å². The number of benzene rings is 2. The average molecular weight is 371 g/mol. The van der Waals surface area contributed by atoms with Crippen LogP contribution in [0, 0.1) is 13.8 Å². The van der Waals surface area contributed by atoms with Crippen LogP contribution >= 0.6 is 11.8 Å². The topological polar surface area (TPSA) is 49.4 Å². The van der Waals surface area contributed by atoms with Crippen molar-refractivity contribution >= 4 is 29.3 Å². The lowest BCUT2D eigenvalue weighted by Crippen LogP contribution is -2.30. The zero-order valence-corrected chi connectivity index (χ0v) is 16.7. The molecule has 5 heteroatoms. The van der Waals surface area contributed by atoms with E-state index in [1.807, 2.05) is 19.9 Å². The molecule has 0 heterocycles. The number of nitrogens with one attached hydrogen (secondary N) is 1. The third kappa shape index (κ3) is 5.36. The van der Waals surface area contributed by atoms with E-state index in [2.05, 4.69) is 31.3 Å². The zero-order valence-electron chi connectivity index (χ0n) is 15.8. The van der Waals surface area contributed by atoms with E-state index in [-0.39, 0.29) is 11.8 Å². The largest absolute Gasteiger partial charge is 0.339 e. The second-order valence-electron chi connectivity index (χ2n) is 6.14. The zero-order chi connectivity index (χ0) is 19.1. The predicted octanol–water partition coefficient (Wildman–Crippen LogP) is 4.52. The summed E-state index contributed by atoms with van der Waals surface area (Å²) in [5.74, 6) is 0.229. The Bertz CT molecular complexity index is 785. The van der Waals surface area contributed by atoms with Crippen LogP contribution in [0.4, 0.5) is 5.69 Å². The van der Waals surface area contributed by atoms with Crippen LogP contribution in [0.2, 0.25) is 0 Å². The maximum atomic E-state index is 12.4. The van der Waals surface area contributed by atoms with Crippen LogP contribution in [0.3, 0.4) is 0 Å². The fourth-order valence-electron chi connectivity index (χ4n) is 2.57. The predicted molar refractivity (Wildman–Crippen MR) is 109 cm³/mol. The van der Waals surface area contributed by atoms with E-state index >= 15 is 0 Å². The minimum absolute atomic E-state index is 0.0180. The quantitative estimate of drug-likeness (QED) is 0.729. The van der Waals surface area contributed by atoms with Crippen molar-refractivity contribution in [3.8, 4) is 0 Å². The summed E-state index contributed by atoms with van der Waals surface area (Å²) in [6, 6.07) is 13.3. The van der Waals surface area contributed by atoms with Crippen molar-refractivity contribution in [3.63, 3.8) is 0 Å². The molecule has 2 aromatic rings. The number of thioether (sulfide) groups is 1. The van der Waals surface area contributed by atoms with E-state index in [1.165, 1.54) is 22.9 Å². The van der Waals surface area contributed by atoms with Crippen molar-refractivity contribution in [2.24, 2.45) is 0 Å². The third-order valence-corrected chi connectivity index (χ3v) is 5.29. The van der Waals surface area contributed by atoms with E-state index in [1.54, 1.807) is 29.2 Å². The van der Waals surface area contributed by atoms with Gasteiger partial charge in [-0.1, -0.05) is 12.1 Å². The lowest BCUT2D eigenvalue weighted by atomic mass is 10.1. The molecule has 26 heavy (non-hydrogen) atoms. The van der Waals surface area contributed by atoms with Crippen LogP contribution in [0.1, 0.15) is 35.3 Å². The number of hydrogen-bond acceptors (Lipinski definition) is 3. The number of hydrogen-bond donors (Lipinski definition) is 1. The molecule has 0 radical (unpaired) electrons. The van der Waals surface area contributed by atoms with Crippen LogP contribution < -0.4 is 5.32 Å². The summed E-state index contributed by atoms with van der Waals surface area (Å²) in [6.45, 7) is 9.38. The molecule has 0 spiro atoms. The summed E-state index contributed by atoms with van der Waals surface area (Å²) in [4.78, 5) is 27.5. The van der Waals surface area contributed by atoms with Gasteiger partial charge >= 0.3 is 0 Å². The number of nitrogens with zero attached hydrogens (tertiary/aromatic N) is 1. The maximum Gasteiger partial charge on any atom is 0.253 e. The summed E-state index contributed by atoms with van der Waals surface area (Å²) in [7, 11) is 0. The summed E-state index contributed by atoms with van der Waals surface area (Å²) in [5, 5.41) is 2.88. The molecular weight excluding hydrogens is 344 g/mol. The van der Waals surface area contributed by atoms with E-state index < -0.39 is 0 Å². The van der Waals surface area contributed by atoms with Gasteiger partial charge < -0.3 is 10.2 Å². The Morgan fingerprint density at radius 3 is 2.38 bits per heavy atom. The highest BCUT2D eigenvalue weighted by molar-refractivity contribution is 8.00. The molecule has 2 rings (SSSR count). The van der Waals surface area contributed by atoms with Gasteiger partial charge in [0.15, 0.2) is 0 Å². The van der Waals surface area contributed by atoms with Gasteiger partial charge in [0, 0.05) is 29.2 Å². The van der Waals surface area contributed by atoms with E-state index in [0.29, 0.717) is 30.1 Å². The molecule has 0 fully saturated rings. The minimum Gasteiger partial charge on any atom is -0.339 e. The van der Waals surface area contributed by atoms with Crippen molar-refractivity contribution in [1.29, 1.82) is 0 Å². The van der Waals surface area contributed by atoms with E-state index in [9.17, 15) is 9.59 Å². The van der Waals surface area contributed by atoms with Crippen molar-refractivity contribution in [3.05, 3.63) is 59.2 Å². The fraction of sp³-hybridized carbons (Fsp3) is 0.333. The molecule has 2 amide bonds. The Balaban J connectivity index is 1.97. The van der Waals surface area contributed by atoms with Crippen LogP contribution in [-0.4, -0.2) is 35.6 Å². The first-order valence-electron chi connectivity index (χ1n) is 8.83. The van der Waals surface area contributed by atoms with Crippen LogP contribution in [0.15, 0.2) is 47.4 Å². The highest BCUT2D eigenvalue weighted by Crippen LogP contribution is 2.21. The molecule has 0 unspecified atom stereocenters. The molecule has 138 valence electrons.